The van der Waals surface area contributed by atoms with E-state index in [0.717, 1.165) is 22.4 Å². The highest BCUT2D eigenvalue weighted by atomic mass is 35.5. The Bertz CT molecular complexity index is 951. The maximum atomic E-state index is 12.4. The number of ether oxygens (including phenoxy) is 1. The molecule has 2 aromatic carbocycles. The van der Waals surface area contributed by atoms with Gasteiger partial charge < -0.3 is 10.1 Å². The second-order valence-electron chi connectivity index (χ2n) is 6.22. The standard InChI is InChI=1S/C20H21ClN4O2/c1-13-4-7-15(8-5-13)19-23-18(20(26)22-10-11-27-3)24-25(19)16-9-6-14(2)17(21)12-16/h4-9,12H,10-11H2,1-3H3,(H,22,26). The van der Waals surface area contributed by atoms with Gasteiger partial charge in [-0.05, 0) is 31.5 Å². The predicted octanol–water partition coefficient (Wildman–Crippen LogP) is 3.58. The summed E-state index contributed by atoms with van der Waals surface area (Å²) in [5.74, 6) is 0.322. The van der Waals surface area contributed by atoms with Gasteiger partial charge in [0.15, 0.2) is 5.82 Å². The second kappa shape index (κ2) is 8.33. The van der Waals surface area contributed by atoms with E-state index in [4.69, 9.17) is 16.3 Å². The summed E-state index contributed by atoms with van der Waals surface area (Å²) in [6, 6.07) is 13.5. The summed E-state index contributed by atoms with van der Waals surface area (Å²) in [4.78, 5) is 16.9. The van der Waals surface area contributed by atoms with E-state index in [1.54, 1.807) is 11.8 Å². The molecule has 0 saturated heterocycles. The van der Waals surface area contributed by atoms with E-state index >= 15 is 0 Å². The number of carbonyl (C=O) groups is 1. The maximum Gasteiger partial charge on any atom is 0.291 e. The minimum Gasteiger partial charge on any atom is -0.383 e. The molecule has 0 unspecified atom stereocenters. The molecule has 0 aliphatic rings. The summed E-state index contributed by atoms with van der Waals surface area (Å²) in [6.07, 6.45) is 0. The summed E-state index contributed by atoms with van der Waals surface area (Å²) in [5, 5.41) is 7.80. The van der Waals surface area contributed by atoms with Crippen LogP contribution in [-0.2, 0) is 4.74 Å². The van der Waals surface area contributed by atoms with Gasteiger partial charge in [0, 0.05) is 24.2 Å². The summed E-state index contributed by atoms with van der Waals surface area (Å²) in [6.45, 7) is 4.76. The van der Waals surface area contributed by atoms with Gasteiger partial charge in [0.1, 0.15) is 0 Å². The van der Waals surface area contributed by atoms with Crippen LogP contribution < -0.4 is 5.32 Å². The van der Waals surface area contributed by atoms with E-state index in [1.807, 2.05) is 56.3 Å². The van der Waals surface area contributed by atoms with Gasteiger partial charge in [0.05, 0.1) is 12.3 Å². The molecule has 0 aliphatic carbocycles. The number of rotatable bonds is 6. The third-order valence-electron chi connectivity index (χ3n) is 4.11. The first-order valence-electron chi connectivity index (χ1n) is 8.57. The molecule has 0 aliphatic heterocycles. The fraction of sp³-hybridized carbons (Fsp3) is 0.250. The van der Waals surface area contributed by atoms with Crippen LogP contribution in [-0.4, -0.2) is 40.9 Å². The van der Waals surface area contributed by atoms with E-state index in [9.17, 15) is 4.79 Å². The van der Waals surface area contributed by atoms with E-state index < -0.39 is 0 Å². The molecule has 27 heavy (non-hydrogen) atoms. The highest BCUT2D eigenvalue weighted by Gasteiger charge is 2.19. The van der Waals surface area contributed by atoms with Crippen LogP contribution in [0.5, 0.6) is 0 Å². The van der Waals surface area contributed by atoms with Crippen molar-refractivity contribution >= 4 is 17.5 Å². The number of nitrogens with one attached hydrogen (secondary N) is 1. The predicted molar refractivity (Wildman–Crippen MR) is 105 cm³/mol. The number of carbonyl (C=O) groups excluding carboxylic acids is 1. The molecule has 0 radical (unpaired) electrons. The molecule has 1 heterocycles. The summed E-state index contributed by atoms with van der Waals surface area (Å²) < 4.78 is 6.60. The van der Waals surface area contributed by atoms with Gasteiger partial charge in [-0.2, -0.15) is 0 Å². The summed E-state index contributed by atoms with van der Waals surface area (Å²) >= 11 is 6.28. The van der Waals surface area contributed by atoms with Gasteiger partial charge in [-0.25, -0.2) is 9.67 Å². The number of benzene rings is 2. The first-order valence-corrected chi connectivity index (χ1v) is 8.95. The van der Waals surface area contributed by atoms with Gasteiger partial charge in [-0.3, -0.25) is 4.79 Å². The minimum atomic E-state index is -0.350. The first-order chi connectivity index (χ1) is 13.0. The van der Waals surface area contributed by atoms with E-state index in [1.165, 1.54) is 0 Å². The largest absolute Gasteiger partial charge is 0.383 e. The molecule has 140 valence electrons. The zero-order chi connectivity index (χ0) is 19.4. The lowest BCUT2D eigenvalue weighted by Gasteiger charge is -2.08. The zero-order valence-electron chi connectivity index (χ0n) is 15.5. The lowest BCUT2D eigenvalue weighted by molar-refractivity contribution is 0.0927. The quantitative estimate of drug-likeness (QED) is 0.659. The smallest absolute Gasteiger partial charge is 0.291 e. The topological polar surface area (TPSA) is 69.0 Å². The Balaban J connectivity index is 2.04. The van der Waals surface area contributed by atoms with Crippen molar-refractivity contribution in [2.45, 2.75) is 13.8 Å². The van der Waals surface area contributed by atoms with Crippen molar-refractivity contribution in [1.29, 1.82) is 0 Å². The van der Waals surface area contributed by atoms with Gasteiger partial charge >= 0.3 is 0 Å². The molecule has 1 N–H and O–H groups in total. The van der Waals surface area contributed by atoms with Crippen molar-refractivity contribution in [2.24, 2.45) is 0 Å². The van der Waals surface area contributed by atoms with Crippen LogP contribution in [0.25, 0.3) is 17.1 Å². The molecule has 0 atom stereocenters. The minimum absolute atomic E-state index is 0.0957. The zero-order valence-corrected chi connectivity index (χ0v) is 16.2. The number of aryl methyl sites for hydroxylation is 2. The van der Waals surface area contributed by atoms with Crippen molar-refractivity contribution in [3.05, 3.63) is 64.4 Å². The van der Waals surface area contributed by atoms with Crippen LogP contribution in [0.1, 0.15) is 21.7 Å². The Morgan fingerprint density at radius 2 is 1.93 bits per heavy atom. The Kier molecular flexibility index (Phi) is 5.88. The van der Waals surface area contributed by atoms with Crippen LogP contribution in [0.15, 0.2) is 42.5 Å². The third-order valence-corrected chi connectivity index (χ3v) is 4.52. The second-order valence-corrected chi connectivity index (χ2v) is 6.63. The molecule has 6 nitrogen and oxygen atoms in total. The van der Waals surface area contributed by atoms with Crippen molar-refractivity contribution in [2.75, 3.05) is 20.3 Å². The average Bonchev–Trinajstić information content (AvgIpc) is 3.10. The van der Waals surface area contributed by atoms with Gasteiger partial charge in [0.2, 0.25) is 5.82 Å². The monoisotopic (exact) mass is 384 g/mol. The number of hydrogen-bond donors (Lipinski definition) is 1. The Morgan fingerprint density at radius 3 is 2.59 bits per heavy atom. The number of amides is 1. The molecule has 7 heteroatoms. The van der Waals surface area contributed by atoms with Crippen molar-refractivity contribution in [3.63, 3.8) is 0 Å². The normalized spacial score (nSPS) is 10.8. The van der Waals surface area contributed by atoms with Crippen molar-refractivity contribution in [1.82, 2.24) is 20.1 Å². The average molecular weight is 385 g/mol. The van der Waals surface area contributed by atoms with Gasteiger partial charge in [-0.15, -0.1) is 5.10 Å². The number of methoxy groups -OCH3 is 1. The van der Waals surface area contributed by atoms with Crippen LogP contribution in [0.2, 0.25) is 5.02 Å². The lowest BCUT2D eigenvalue weighted by atomic mass is 10.1. The van der Waals surface area contributed by atoms with E-state index in [-0.39, 0.29) is 11.7 Å². The molecular weight excluding hydrogens is 364 g/mol. The molecule has 0 spiro atoms. The van der Waals surface area contributed by atoms with Crippen molar-refractivity contribution < 1.29 is 9.53 Å². The maximum absolute atomic E-state index is 12.4. The van der Waals surface area contributed by atoms with Crippen LogP contribution >= 0.6 is 11.6 Å². The molecule has 3 rings (SSSR count). The number of nitrogens with zero attached hydrogens (tertiary/aromatic N) is 3. The fourth-order valence-electron chi connectivity index (χ4n) is 2.54. The van der Waals surface area contributed by atoms with E-state index in [0.29, 0.717) is 24.0 Å². The summed E-state index contributed by atoms with van der Waals surface area (Å²) in [7, 11) is 1.58. The Hall–Kier alpha value is -2.70. The van der Waals surface area contributed by atoms with Crippen LogP contribution in [0.3, 0.4) is 0 Å². The van der Waals surface area contributed by atoms with Gasteiger partial charge in [0.25, 0.3) is 5.91 Å². The van der Waals surface area contributed by atoms with Crippen molar-refractivity contribution in [3.8, 4) is 17.1 Å². The molecule has 0 fully saturated rings. The highest BCUT2D eigenvalue weighted by molar-refractivity contribution is 6.31. The lowest BCUT2D eigenvalue weighted by Crippen LogP contribution is -2.28. The number of halogens is 1. The van der Waals surface area contributed by atoms with Gasteiger partial charge in [-0.1, -0.05) is 47.5 Å². The Labute approximate surface area is 163 Å². The SMILES string of the molecule is COCCNC(=O)c1nc(-c2ccc(C)cc2)n(-c2ccc(C)c(Cl)c2)n1. The third kappa shape index (κ3) is 4.35. The molecular formula is C20H21ClN4O2. The van der Waals surface area contributed by atoms with Crippen LogP contribution in [0.4, 0.5) is 0 Å². The molecule has 0 saturated carbocycles. The molecule has 3 aromatic rings. The summed E-state index contributed by atoms with van der Waals surface area (Å²) in [5.41, 5.74) is 3.71. The molecule has 1 amide bonds. The molecule has 1 aromatic heterocycles. The highest BCUT2D eigenvalue weighted by Crippen LogP contribution is 2.25. The number of hydrogen-bond acceptors (Lipinski definition) is 4. The molecule has 0 bridgehead atoms. The fourth-order valence-corrected chi connectivity index (χ4v) is 2.71. The Morgan fingerprint density at radius 1 is 1.19 bits per heavy atom. The van der Waals surface area contributed by atoms with Crippen LogP contribution in [0, 0.1) is 13.8 Å². The number of aromatic nitrogens is 3. The van der Waals surface area contributed by atoms with E-state index in [2.05, 4.69) is 15.4 Å². The first kappa shape index (κ1) is 19.1.